The zero-order chi connectivity index (χ0) is 27.1. The van der Waals surface area contributed by atoms with Gasteiger partial charge in [0.25, 0.3) is 10.0 Å². The van der Waals surface area contributed by atoms with Crippen molar-refractivity contribution in [3.8, 4) is 17.5 Å². The highest BCUT2D eigenvalue weighted by Gasteiger charge is 2.35. The van der Waals surface area contributed by atoms with Crippen LogP contribution in [0.1, 0.15) is 37.7 Å². The van der Waals surface area contributed by atoms with E-state index in [2.05, 4.69) is 20.3 Å². The minimum atomic E-state index is -4.11. The molecule has 1 aliphatic carbocycles. The van der Waals surface area contributed by atoms with Gasteiger partial charge >= 0.3 is 0 Å². The summed E-state index contributed by atoms with van der Waals surface area (Å²) < 4.78 is 56.8. The van der Waals surface area contributed by atoms with E-state index in [9.17, 15) is 22.3 Å². The number of aryl methyl sites for hydroxylation is 1. The van der Waals surface area contributed by atoms with Crippen LogP contribution in [-0.4, -0.2) is 44.1 Å². The van der Waals surface area contributed by atoms with Gasteiger partial charge in [-0.05, 0) is 50.8 Å². The fourth-order valence-electron chi connectivity index (χ4n) is 4.80. The van der Waals surface area contributed by atoms with Gasteiger partial charge in [-0.2, -0.15) is 5.26 Å². The van der Waals surface area contributed by atoms with Crippen LogP contribution in [0.25, 0.3) is 22.4 Å². The van der Waals surface area contributed by atoms with Gasteiger partial charge in [-0.25, -0.2) is 36.1 Å². The third-order valence-electron chi connectivity index (χ3n) is 6.71. The molecular formula is C26H24F2N6O3S. The van der Waals surface area contributed by atoms with Gasteiger partial charge in [0.15, 0.2) is 23.1 Å². The lowest BCUT2D eigenvalue weighted by atomic mass is 9.80. The molecule has 4 aromatic rings. The molecule has 1 aliphatic rings. The molecule has 0 spiro atoms. The predicted octanol–water partition coefficient (Wildman–Crippen LogP) is 4.32. The summed E-state index contributed by atoms with van der Waals surface area (Å²) >= 11 is 0. The van der Waals surface area contributed by atoms with Crippen LogP contribution in [0.3, 0.4) is 0 Å². The van der Waals surface area contributed by atoms with Crippen LogP contribution in [0, 0.1) is 29.9 Å². The number of nitrogens with one attached hydrogen (secondary N) is 1. The summed E-state index contributed by atoms with van der Waals surface area (Å²) in [7, 11) is -4.11. The molecule has 0 amide bonds. The van der Waals surface area contributed by atoms with E-state index in [1.807, 2.05) is 13.0 Å². The molecule has 2 N–H and O–H groups in total. The third kappa shape index (κ3) is 4.82. The largest absolute Gasteiger partial charge is 0.389 e. The highest BCUT2D eigenvalue weighted by molar-refractivity contribution is 7.90. The molecule has 196 valence electrons. The number of hydrogen-bond acceptors (Lipinski definition) is 8. The van der Waals surface area contributed by atoms with Gasteiger partial charge in [-0.15, -0.1) is 0 Å². The molecule has 9 nitrogen and oxygen atoms in total. The van der Waals surface area contributed by atoms with Gasteiger partial charge in [-0.3, -0.25) is 0 Å². The van der Waals surface area contributed by atoms with Crippen molar-refractivity contribution in [2.75, 3.05) is 5.32 Å². The maximum Gasteiger partial charge on any atom is 0.269 e. The Kier molecular flexibility index (Phi) is 6.58. The van der Waals surface area contributed by atoms with Gasteiger partial charge < -0.3 is 10.4 Å². The molecule has 3 heterocycles. The minimum absolute atomic E-state index is 0.0159. The van der Waals surface area contributed by atoms with Gasteiger partial charge in [0.05, 0.1) is 35.4 Å². The van der Waals surface area contributed by atoms with Crippen molar-refractivity contribution in [3.05, 3.63) is 66.1 Å². The van der Waals surface area contributed by atoms with E-state index >= 15 is 0 Å². The molecule has 0 radical (unpaired) electrons. The number of anilines is 1. The summed E-state index contributed by atoms with van der Waals surface area (Å²) in [5.74, 6) is -1.62. The molecule has 3 aromatic heterocycles. The van der Waals surface area contributed by atoms with Crippen molar-refractivity contribution in [2.24, 2.45) is 0 Å². The Bertz CT molecular complexity index is 1670. The number of halogens is 2. The van der Waals surface area contributed by atoms with E-state index in [0.717, 1.165) is 28.0 Å². The topological polar surface area (TPSA) is 134 Å². The van der Waals surface area contributed by atoms with Gasteiger partial charge in [-0.1, -0.05) is 17.7 Å². The van der Waals surface area contributed by atoms with Crippen LogP contribution in [0.4, 0.5) is 14.6 Å². The highest BCUT2D eigenvalue weighted by atomic mass is 32.2. The molecule has 1 fully saturated rings. The zero-order valence-corrected chi connectivity index (χ0v) is 21.2. The van der Waals surface area contributed by atoms with Crippen molar-refractivity contribution in [3.63, 3.8) is 0 Å². The number of hydrogen-bond donors (Lipinski definition) is 2. The fraction of sp³-hybridized carbons (Fsp3) is 0.308. The number of pyridine rings is 1. The summed E-state index contributed by atoms with van der Waals surface area (Å²) in [6.45, 7) is 1.83. The van der Waals surface area contributed by atoms with Crippen LogP contribution in [0.2, 0.25) is 0 Å². The van der Waals surface area contributed by atoms with Crippen molar-refractivity contribution < 1.29 is 22.3 Å². The lowest BCUT2D eigenvalue weighted by Crippen LogP contribution is -2.40. The van der Waals surface area contributed by atoms with Gasteiger partial charge in [0.1, 0.15) is 5.82 Å². The van der Waals surface area contributed by atoms with E-state index in [1.165, 1.54) is 18.3 Å². The normalized spacial score (nSPS) is 19.8. The predicted molar refractivity (Wildman–Crippen MR) is 135 cm³/mol. The number of nitrogens with zero attached hydrogens (tertiary/aromatic N) is 5. The maximum atomic E-state index is 14.7. The van der Waals surface area contributed by atoms with Crippen molar-refractivity contribution in [2.45, 2.75) is 55.6 Å². The van der Waals surface area contributed by atoms with E-state index < -0.39 is 27.3 Å². The van der Waals surface area contributed by atoms with Crippen molar-refractivity contribution in [1.29, 1.82) is 5.26 Å². The first-order chi connectivity index (χ1) is 18.1. The smallest absolute Gasteiger partial charge is 0.269 e. The number of aliphatic hydroxyl groups is 1. The van der Waals surface area contributed by atoms with E-state index in [-0.39, 0.29) is 52.0 Å². The SMILES string of the molecule is Cc1ccc(S(=O)(=O)n2cc(-c3ncc(F)c(N[C@H]4CCC[C@](O)(CC#N)C4)n3)c3cc(F)cnc32)cc1. The molecule has 1 saturated carbocycles. The Morgan fingerprint density at radius 1 is 1.24 bits per heavy atom. The molecular weight excluding hydrogens is 514 g/mol. The summed E-state index contributed by atoms with van der Waals surface area (Å²) in [5, 5.41) is 22.8. The minimum Gasteiger partial charge on any atom is -0.389 e. The number of rotatable bonds is 6. The number of fused-ring (bicyclic) bond motifs is 1. The Labute approximate surface area is 217 Å². The van der Waals surface area contributed by atoms with E-state index in [4.69, 9.17) is 5.26 Å². The molecule has 2 atom stereocenters. The van der Waals surface area contributed by atoms with Crippen LogP contribution >= 0.6 is 0 Å². The first-order valence-corrected chi connectivity index (χ1v) is 13.4. The highest BCUT2D eigenvalue weighted by Crippen LogP contribution is 2.34. The van der Waals surface area contributed by atoms with Crippen LogP contribution in [-0.2, 0) is 10.0 Å². The van der Waals surface area contributed by atoms with Crippen molar-refractivity contribution >= 4 is 26.9 Å². The molecule has 1 aromatic carbocycles. The Morgan fingerprint density at radius 2 is 2.00 bits per heavy atom. The molecule has 38 heavy (non-hydrogen) atoms. The van der Waals surface area contributed by atoms with Gasteiger partial charge in [0.2, 0.25) is 0 Å². The quantitative estimate of drug-likeness (QED) is 0.371. The molecule has 5 rings (SSSR count). The summed E-state index contributed by atoms with van der Waals surface area (Å²) in [5.41, 5.74) is -0.169. The average Bonchev–Trinajstić information content (AvgIpc) is 3.25. The monoisotopic (exact) mass is 538 g/mol. The van der Waals surface area contributed by atoms with E-state index in [0.29, 0.717) is 19.3 Å². The van der Waals surface area contributed by atoms with Crippen LogP contribution in [0.15, 0.2) is 53.8 Å². The molecule has 0 unspecified atom stereocenters. The summed E-state index contributed by atoms with van der Waals surface area (Å²) in [6, 6.07) is 9.03. The Hall–Kier alpha value is -3.95. The maximum absolute atomic E-state index is 14.7. The van der Waals surface area contributed by atoms with Crippen LogP contribution in [0.5, 0.6) is 0 Å². The first-order valence-electron chi connectivity index (χ1n) is 12.0. The van der Waals surface area contributed by atoms with Crippen LogP contribution < -0.4 is 5.32 Å². The lowest BCUT2D eigenvalue weighted by molar-refractivity contribution is 0.00444. The lowest BCUT2D eigenvalue weighted by Gasteiger charge is -2.35. The molecule has 0 bridgehead atoms. The summed E-state index contributed by atoms with van der Waals surface area (Å²) in [6.07, 6.45) is 5.06. The van der Waals surface area contributed by atoms with Crippen molar-refractivity contribution in [1.82, 2.24) is 18.9 Å². The fourth-order valence-corrected chi connectivity index (χ4v) is 6.13. The number of nitriles is 1. The Balaban J connectivity index is 1.56. The Morgan fingerprint density at radius 3 is 2.74 bits per heavy atom. The molecule has 0 aliphatic heterocycles. The third-order valence-corrected chi connectivity index (χ3v) is 8.38. The second-order valence-electron chi connectivity index (χ2n) is 9.57. The molecule has 0 saturated heterocycles. The zero-order valence-electron chi connectivity index (χ0n) is 20.4. The number of aromatic nitrogens is 4. The average molecular weight is 539 g/mol. The standard InChI is InChI=1S/C26H24F2N6O3S/c1-16-4-6-19(7-5-16)38(36,37)34-15-21(20-11-17(27)13-31-25(20)34)23-30-14-22(28)24(33-23)32-18-3-2-8-26(35,12-18)9-10-29/h4-7,11,13-15,18,35H,2-3,8-9,12H2,1H3,(H,30,32,33)/t18-,26-/m0/s1. The molecule has 12 heteroatoms. The van der Waals surface area contributed by atoms with E-state index in [1.54, 1.807) is 12.1 Å². The van der Waals surface area contributed by atoms with Gasteiger partial charge in [0, 0.05) is 23.2 Å². The number of benzene rings is 1. The summed E-state index contributed by atoms with van der Waals surface area (Å²) in [4.78, 5) is 12.4. The second kappa shape index (κ2) is 9.74. The first kappa shape index (κ1) is 25.7. The second-order valence-corrected chi connectivity index (χ2v) is 11.4.